The molecule has 2 aromatic carbocycles. The molecule has 0 radical (unpaired) electrons. The van der Waals surface area contributed by atoms with E-state index in [4.69, 9.17) is 4.74 Å². The summed E-state index contributed by atoms with van der Waals surface area (Å²) >= 11 is 0. The number of hydrogen-bond acceptors (Lipinski definition) is 6. The quantitative estimate of drug-likeness (QED) is 0.450. The van der Waals surface area contributed by atoms with Crippen molar-refractivity contribution in [3.8, 4) is 0 Å². The van der Waals surface area contributed by atoms with E-state index < -0.39 is 16.5 Å². The van der Waals surface area contributed by atoms with Crippen LogP contribution >= 0.6 is 0 Å². The summed E-state index contributed by atoms with van der Waals surface area (Å²) in [7, 11) is 0. The summed E-state index contributed by atoms with van der Waals surface area (Å²) in [5, 5.41) is 10.8. The van der Waals surface area contributed by atoms with Crippen LogP contribution < -0.4 is 4.90 Å². The van der Waals surface area contributed by atoms with Crippen molar-refractivity contribution in [1.82, 2.24) is 4.90 Å². The molecule has 1 saturated heterocycles. The van der Waals surface area contributed by atoms with E-state index in [-0.39, 0.29) is 11.6 Å². The molecule has 0 bridgehead atoms. The first-order chi connectivity index (χ1) is 13.9. The van der Waals surface area contributed by atoms with Crippen molar-refractivity contribution in [2.24, 2.45) is 0 Å². The fourth-order valence-corrected chi connectivity index (χ4v) is 3.94. The van der Waals surface area contributed by atoms with Crippen LogP contribution in [0, 0.1) is 10.1 Å². The summed E-state index contributed by atoms with van der Waals surface area (Å²) < 4.78 is 5.55. The highest BCUT2D eigenvalue weighted by atomic mass is 16.6. The maximum atomic E-state index is 13.1. The lowest BCUT2D eigenvalue weighted by Crippen LogP contribution is -2.58. The molecule has 1 atom stereocenters. The fourth-order valence-electron chi connectivity index (χ4n) is 3.94. The van der Waals surface area contributed by atoms with Gasteiger partial charge in [0.25, 0.3) is 11.6 Å². The highest BCUT2D eigenvalue weighted by Crippen LogP contribution is 2.30. The van der Waals surface area contributed by atoms with Crippen LogP contribution in [0.1, 0.15) is 22.8 Å². The van der Waals surface area contributed by atoms with Gasteiger partial charge in [0.15, 0.2) is 5.60 Å². The third-order valence-electron chi connectivity index (χ3n) is 5.53. The first-order valence-electron chi connectivity index (χ1n) is 9.47. The average molecular weight is 395 g/mol. The average Bonchev–Trinajstić information content (AvgIpc) is 2.73. The third kappa shape index (κ3) is 3.53. The molecule has 2 aliphatic heterocycles. The Balaban J connectivity index is 1.43. The number of carbonyl (C=O) groups is 2. The van der Waals surface area contributed by atoms with E-state index in [1.54, 1.807) is 36.1 Å². The first-order valence-corrected chi connectivity index (χ1v) is 9.47. The van der Waals surface area contributed by atoms with E-state index in [0.717, 1.165) is 11.3 Å². The largest absolute Gasteiger partial charge is 0.445 e. The smallest absolute Gasteiger partial charge is 0.339 e. The Labute approximate surface area is 167 Å². The van der Waals surface area contributed by atoms with Crippen molar-refractivity contribution in [3.63, 3.8) is 0 Å². The van der Waals surface area contributed by atoms with Crippen LogP contribution in [0.25, 0.3) is 0 Å². The summed E-state index contributed by atoms with van der Waals surface area (Å²) in [4.78, 5) is 39.7. The molecule has 0 spiro atoms. The number of ether oxygens (including phenoxy) is 1. The third-order valence-corrected chi connectivity index (χ3v) is 5.53. The van der Waals surface area contributed by atoms with E-state index in [9.17, 15) is 19.7 Å². The first kappa shape index (κ1) is 18.9. The van der Waals surface area contributed by atoms with E-state index in [1.807, 2.05) is 12.1 Å². The number of amides is 1. The van der Waals surface area contributed by atoms with Crippen LogP contribution in [0.4, 0.5) is 11.4 Å². The predicted molar refractivity (Wildman–Crippen MR) is 106 cm³/mol. The number of carbonyl (C=O) groups excluding carboxylic acids is 2. The number of nitro groups is 1. The molecule has 150 valence electrons. The Hall–Kier alpha value is -3.42. The van der Waals surface area contributed by atoms with Crippen molar-refractivity contribution >= 4 is 23.3 Å². The summed E-state index contributed by atoms with van der Waals surface area (Å²) in [6.07, 6.45) is 0.357. The van der Waals surface area contributed by atoms with Gasteiger partial charge in [-0.25, -0.2) is 4.79 Å². The monoisotopic (exact) mass is 395 g/mol. The lowest BCUT2D eigenvalue weighted by molar-refractivity contribution is -0.384. The van der Waals surface area contributed by atoms with Crippen LogP contribution in [0.2, 0.25) is 0 Å². The van der Waals surface area contributed by atoms with Crippen LogP contribution in [-0.2, 0) is 16.0 Å². The summed E-state index contributed by atoms with van der Waals surface area (Å²) in [6, 6.07) is 13.6. The minimum Gasteiger partial charge on any atom is -0.445 e. The molecule has 0 aliphatic carbocycles. The molecule has 4 rings (SSSR count). The molecule has 1 amide bonds. The number of piperazine rings is 1. The van der Waals surface area contributed by atoms with Crippen LogP contribution in [0.3, 0.4) is 0 Å². The van der Waals surface area contributed by atoms with Gasteiger partial charge in [0.2, 0.25) is 0 Å². The summed E-state index contributed by atoms with van der Waals surface area (Å²) in [5.74, 6) is -0.657. The molecule has 0 aromatic heterocycles. The summed E-state index contributed by atoms with van der Waals surface area (Å²) in [6.45, 7) is 3.86. The molecular formula is C21H21N3O5. The lowest BCUT2D eigenvalue weighted by Gasteiger charge is -2.41. The van der Waals surface area contributed by atoms with Gasteiger partial charge in [-0.15, -0.1) is 0 Å². The van der Waals surface area contributed by atoms with E-state index in [2.05, 4.69) is 4.90 Å². The number of cyclic esters (lactones) is 1. The van der Waals surface area contributed by atoms with Crippen molar-refractivity contribution in [1.29, 1.82) is 0 Å². The van der Waals surface area contributed by atoms with Gasteiger partial charge in [-0.1, -0.05) is 18.2 Å². The molecule has 8 nitrogen and oxygen atoms in total. The molecule has 0 N–H and O–H groups in total. The number of rotatable bonds is 3. The van der Waals surface area contributed by atoms with Crippen LogP contribution in [0.15, 0.2) is 48.5 Å². The zero-order valence-corrected chi connectivity index (χ0v) is 16.0. The summed E-state index contributed by atoms with van der Waals surface area (Å²) in [5.41, 5.74) is 1.06. The van der Waals surface area contributed by atoms with E-state index in [1.165, 1.54) is 12.1 Å². The topological polar surface area (TPSA) is 93.0 Å². The maximum absolute atomic E-state index is 13.1. The molecular weight excluding hydrogens is 374 g/mol. The number of nitrogens with zero attached hydrogens (tertiary/aromatic N) is 3. The van der Waals surface area contributed by atoms with Crippen molar-refractivity contribution < 1.29 is 19.2 Å². The van der Waals surface area contributed by atoms with Gasteiger partial charge in [0.1, 0.15) is 0 Å². The number of fused-ring (bicyclic) bond motifs is 1. The van der Waals surface area contributed by atoms with Crippen molar-refractivity contribution in [2.45, 2.75) is 18.9 Å². The molecule has 2 heterocycles. The second-order valence-electron chi connectivity index (χ2n) is 7.51. The van der Waals surface area contributed by atoms with Crippen LogP contribution in [0.5, 0.6) is 0 Å². The Bertz CT molecular complexity index is 967. The number of anilines is 1. The second kappa shape index (κ2) is 7.20. The van der Waals surface area contributed by atoms with E-state index >= 15 is 0 Å². The van der Waals surface area contributed by atoms with Gasteiger partial charge >= 0.3 is 5.97 Å². The standard InChI is InChI=1S/C21H21N3O5/c1-21(14-15-4-2-3-5-18(15)19(25)29-21)20(26)23-12-10-22(11-13-23)16-6-8-17(9-7-16)24(27)28/h2-9H,10-14H2,1H3/t21-/m0/s1. The molecule has 8 heteroatoms. The minimum atomic E-state index is -1.21. The number of hydrogen-bond donors (Lipinski definition) is 0. The maximum Gasteiger partial charge on any atom is 0.339 e. The van der Waals surface area contributed by atoms with E-state index in [0.29, 0.717) is 38.2 Å². The van der Waals surface area contributed by atoms with Crippen LogP contribution in [-0.4, -0.2) is 53.5 Å². The van der Waals surface area contributed by atoms with Gasteiger partial charge in [-0.3, -0.25) is 14.9 Å². The Morgan fingerprint density at radius 3 is 2.38 bits per heavy atom. The fraction of sp³-hybridized carbons (Fsp3) is 0.333. The van der Waals surface area contributed by atoms with Gasteiger partial charge in [-0.05, 0) is 30.7 Å². The van der Waals surface area contributed by atoms with Crippen molar-refractivity contribution in [3.05, 3.63) is 69.8 Å². The van der Waals surface area contributed by atoms with Gasteiger partial charge in [0.05, 0.1) is 10.5 Å². The molecule has 2 aromatic rings. The molecule has 29 heavy (non-hydrogen) atoms. The number of benzene rings is 2. The normalized spacial score (nSPS) is 21.3. The molecule has 0 unspecified atom stereocenters. The SMILES string of the molecule is C[C@@]1(C(=O)N2CCN(c3ccc([N+](=O)[O-])cc3)CC2)Cc2ccccc2C(=O)O1. The lowest BCUT2D eigenvalue weighted by atomic mass is 9.88. The second-order valence-corrected chi connectivity index (χ2v) is 7.51. The Morgan fingerprint density at radius 2 is 1.72 bits per heavy atom. The van der Waals surface area contributed by atoms with Gasteiger partial charge < -0.3 is 14.5 Å². The number of esters is 1. The predicted octanol–water partition coefficient (Wildman–Crippen LogP) is 2.42. The Kier molecular flexibility index (Phi) is 4.70. The zero-order chi connectivity index (χ0) is 20.6. The zero-order valence-electron chi connectivity index (χ0n) is 16.0. The van der Waals surface area contributed by atoms with Gasteiger partial charge in [0, 0.05) is 50.4 Å². The molecule has 1 fully saturated rings. The number of nitro benzene ring substituents is 1. The van der Waals surface area contributed by atoms with Gasteiger partial charge in [-0.2, -0.15) is 0 Å². The molecule has 2 aliphatic rings. The highest BCUT2D eigenvalue weighted by Gasteiger charge is 2.45. The number of non-ortho nitro benzene ring substituents is 1. The Morgan fingerprint density at radius 1 is 1.07 bits per heavy atom. The molecule has 0 saturated carbocycles. The van der Waals surface area contributed by atoms with Crippen molar-refractivity contribution in [2.75, 3.05) is 31.1 Å². The highest BCUT2D eigenvalue weighted by molar-refractivity contribution is 5.97. The minimum absolute atomic E-state index is 0.0508.